The number of nitrogens with zero attached hydrogens (tertiary/aromatic N) is 2. The molecule has 182 valence electrons. The molecule has 0 spiro atoms. The standard InChI is InChI=1S/C27H30N4O3S/c1-17-23(6-3-7-24(17)34-2)27(33)30-19-13-20-9-10-21(14-19)31(20)25-11-8-18(15-28-25)26(32)29-16-22-5-4-12-35-22/h3-8,11-12,15,19-21H,9-10,13-14,16H2,1-2H3,(H,29,32)(H,30,33)/t19?,20-,21+. The van der Waals surface area contributed by atoms with Gasteiger partial charge in [0.15, 0.2) is 0 Å². The Labute approximate surface area is 209 Å². The number of fused-ring (bicyclic) bond motifs is 2. The molecule has 3 atom stereocenters. The zero-order valence-corrected chi connectivity index (χ0v) is 20.8. The Balaban J connectivity index is 1.20. The van der Waals surface area contributed by atoms with E-state index in [1.165, 1.54) is 0 Å². The van der Waals surface area contributed by atoms with Crippen LogP contribution in [0.3, 0.4) is 0 Å². The third-order valence-corrected chi connectivity index (χ3v) is 7.97. The molecule has 7 nitrogen and oxygen atoms in total. The average molecular weight is 491 g/mol. The molecule has 2 fully saturated rings. The Morgan fingerprint density at radius 1 is 1.09 bits per heavy atom. The number of benzene rings is 1. The van der Waals surface area contributed by atoms with Gasteiger partial charge in [-0.1, -0.05) is 12.1 Å². The Bertz CT molecular complexity index is 1180. The van der Waals surface area contributed by atoms with Crippen LogP contribution in [0.2, 0.25) is 0 Å². The molecule has 2 N–H and O–H groups in total. The number of piperidine rings is 1. The maximum atomic E-state index is 13.0. The van der Waals surface area contributed by atoms with E-state index in [9.17, 15) is 9.59 Å². The number of hydrogen-bond acceptors (Lipinski definition) is 6. The zero-order chi connectivity index (χ0) is 24.4. The van der Waals surface area contributed by atoms with Gasteiger partial charge in [-0.3, -0.25) is 9.59 Å². The summed E-state index contributed by atoms with van der Waals surface area (Å²) in [6.07, 6.45) is 5.60. The lowest BCUT2D eigenvalue weighted by Gasteiger charge is -2.40. The molecule has 8 heteroatoms. The lowest BCUT2D eigenvalue weighted by atomic mass is 9.96. The maximum Gasteiger partial charge on any atom is 0.253 e. The first kappa shape index (κ1) is 23.4. The van der Waals surface area contributed by atoms with Crippen LogP contribution in [0.1, 0.15) is 56.8 Å². The van der Waals surface area contributed by atoms with Gasteiger partial charge in [0.05, 0.1) is 19.2 Å². The largest absolute Gasteiger partial charge is 0.496 e. The van der Waals surface area contributed by atoms with Crippen molar-refractivity contribution in [1.82, 2.24) is 15.6 Å². The van der Waals surface area contributed by atoms with Crippen molar-refractivity contribution in [2.75, 3.05) is 12.0 Å². The molecule has 2 aliphatic heterocycles. The molecule has 2 aliphatic rings. The summed E-state index contributed by atoms with van der Waals surface area (Å²) in [6.45, 7) is 2.44. The predicted molar refractivity (Wildman–Crippen MR) is 137 cm³/mol. The molecule has 1 unspecified atom stereocenters. The molecule has 35 heavy (non-hydrogen) atoms. The monoisotopic (exact) mass is 490 g/mol. The molecule has 3 aromatic rings. The third-order valence-electron chi connectivity index (χ3n) is 7.09. The van der Waals surface area contributed by atoms with Crippen molar-refractivity contribution < 1.29 is 14.3 Å². The van der Waals surface area contributed by atoms with E-state index in [1.807, 2.05) is 54.8 Å². The molecule has 2 saturated heterocycles. The van der Waals surface area contributed by atoms with E-state index >= 15 is 0 Å². The highest BCUT2D eigenvalue weighted by atomic mass is 32.1. The van der Waals surface area contributed by atoms with Gasteiger partial charge < -0.3 is 20.3 Å². The second kappa shape index (κ2) is 10.1. The molecule has 0 saturated carbocycles. The first-order chi connectivity index (χ1) is 17.0. The van der Waals surface area contributed by atoms with Gasteiger partial charge in [0.25, 0.3) is 11.8 Å². The van der Waals surface area contributed by atoms with Gasteiger partial charge in [-0.15, -0.1) is 11.3 Å². The number of hydrogen-bond donors (Lipinski definition) is 2. The fraction of sp³-hybridized carbons (Fsp3) is 0.370. The summed E-state index contributed by atoms with van der Waals surface area (Å²) in [5.74, 6) is 1.47. The lowest BCUT2D eigenvalue weighted by molar-refractivity contribution is 0.0923. The minimum atomic E-state index is -0.116. The fourth-order valence-electron chi connectivity index (χ4n) is 5.37. The van der Waals surface area contributed by atoms with Gasteiger partial charge in [0.2, 0.25) is 0 Å². The lowest BCUT2D eigenvalue weighted by Crippen LogP contribution is -2.50. The van der Waals surface area contributed by atoms with Crippen LogP contribution in [0.25, 0.3) is 0 Å². The molecule has 2 amide bonds. The van der Waals surface area contributed by atoms with Gasteiger partial charge >= 0.3 is 0 Å². The van der Waals surface area contributed by atoms with Crippen molar-refractivity contribution in [3.05, 3.63) is 75.6 Å². The molecule has 1 aromatic carbocycles. The second-order valence-electron chi connectivity index (χ2n) is 9.23. The highest BCUT2D eigenvalue weighted by molar-refractivity contribution is 7.09. The summed E-state index contributed by atoms with van der Waals surface area (Å²) in [4.78, 5) is 33.6. The minimum Gasteiger partial charge on any atom is -0.496 e. The molecule has 5 rings (SSSR count). The van der Waals surface area contributed by atoms with Gasteiger partial charge in [-0.25, -0.2) is 4.98 Å². The first-order valence-corrected chi connectivity index (χ1v) is 12.9. The van der Waals surface area contributed by atoms with Crippen LogP contribution >= 0.6 is 11.3 Å². The number of anilines is 1. The summed E-state index contributed by atoms with van der Waals surface area (Å²) >= 11 is 1.62. The predicted octanol–water partition coefficient (Wildman–Crippen LogP) is 4.32. The fourth-order valence-corrected chi connectivity index (χ4v) is 6.01. The van der Waals surface area contributed by atoms with Gasteiger partial charge in [0, 0.05) is 40.3 Å². The van der Waals surface area contributed by atoms with E-state index in [2.05, 4.69) is 20.5 Å². The molecule has 2 bridgehead atoms. The minimum absolute atomic E-state index is 0.0460. The average Bonchev–Trinajstić information content (AvgIpc) is 3.48. The van der Waals surface area contributed by atoms with E-state index in [1.54, 1.807) is 24.6 Å². The summed E-state index contributed by atoms with van der Waals surface area (Å²) in [5, 5.41) is 8.21. The van der Waals surface area contributed by atoms with E-state index in [4.69, 9.17) is 4.74 Å². The summed E-state index contributed by atoms with van der Waals surface area (Å²) in [6, 6.07) is 14.1. The summed E-state index contributed by atoms with van der Waals surface area (Å²) < 4.78 is 5.37. The van der Waals surface area contributed by atoms with E-state index < -0.39 is 0 Å². The van der Waals surface area contributed by atoms with Crippen LogP contribution in [0.4, 0.5) is 5.82 Å². The summed E-state index contributed by atoms with van der Waals surface area (Å²) in [7, 11) is 1.62. The molecular formula is C27H30N4O3S. The number of ether oxygens (including phenoxy) is 1. The van der Waals surface area contributed by atoms with Crippen molar-refractivity contribution in [3.63, 3.8) is 0 Å². The van der Waals surface area contributed by atoms with Gasteiger partial charge in [-0.2, -0.15) is 0 Å². The summed E-state index contributed by atoms with van der Waals surface area (Å²) in [5.41, 5.74) is 2.08. The number of carbonyl (C=O) groups is 2. The number of amides is 2. The normalized spacial score (nSPS) is 21.0. The van der Waals surface area contributed by atoms with Crippen molar-refractivity contribution in [3.8, 4) is 5.75 Å². The van der Waals surface area contributed by atoms with Crippen molar-refractivity contribution in [1.29, 1.82) is 0 Å². The molecule has 4 heterocycles. The van der Waals surface area contributed by atoms with Gasteiger partial charge in [-0.05, 0) is 68.3 Å². The number of carbonyl (C=O) groups excluding carboxylic acids is 2. The Morgan fingerprint density at radius 2 is 1.89 bits per heavy atom. The topological polar surface area (TPSA) is 83.6 Å². The number of methoxy groups -OCH3 is 1. The number of thiophene rings is 1. The molecule has 0 aliphatic carbocycles. The Hall–Kier alpha value is -3.39. The molecular weight excluding hydrogens is 460 g/mol. The number of nitrogens with one attached hydrogen (secondary N) is 2. The number of aromatic nitrogens is 1. The highest BCUT2D eigenvalue weighted by Crippen LogP contribution is 2.38. The van der Waals surface area contributed by atoms with Gasteiger partial charge in [0.1, 0.15) is 11.6 Å². The van der Waals surface area contributed by atoms with E-state index in [0.29, 0.717) is 29.8 Å². The smallest absolute Gasteiger partial charge is 0.253 e. The Kier molecular flexibility index (Phi) is 6.72. The van der Waals surface area contributed by atoms with Crippen molar-refractivity contribution in [2.24, 2.45) is 0 Å². The Morgan fingerprint density at radius 3 is 2.54 bits per heavy atom. The van der Waals surface area contributed by atoms with Crippen LogP contribution in [0, 0.1) is 6.92 Å². The van der Waals surface area contributed by atoms with Crippen LogP contribution in [0.5, 0.6) is 5.75 Å². The van der Waals surface area contributed by atoms with Crippen LogP contribution < -0.4 is 20.3 Å². The zero-order valence-electron chi connectivity index (χ0n) is 20.0. The molecule has 2 aromatic heterocycles. The quantitative estimate of drug-likeness (QED) is 0.515. The highest BCUT2D eigenvalue weighted by Gasteiger charge is 2.41. The SMILES string of the molecule is COc1cccc(C(=O)NC2C[C@H]3CC[C@@H](C2)N3c2ccc(C(=O)NCc3cccs3)cn2)c1C. The first-order valence-electron chi connectivity index (χ1n) is 12.0. The third kappa shape index (κ3) is 4.89. The van der Waals surface area contributed by atoms with Crippen LogP contribution in [0.15, 0.2) is 54.0 Å². The molecule has 0 radical (unpaired) electrons. The van der Waals surface area contributed by atoms with Crippen molar-refractivity contribution >= 4 is 29.0 Å². The second-order valence-corrected chi connectivity index (χ2v) is 10.3. The van der Waals surface area contributed by atoms with E-state index in [0.717, 1.165) is 47.7 Å². The maximum absolute atomic E-state index is 13.0. The van der Waals surface area contributed by atoms with E-state index in [-0.39, 0.29) is 17.9 Å². The number of rotatable bonds is 7. The van der Waals surface area contributed by atoms with Crippen molar-refractivity contribution in [2.45, 2.75) is 57.3 Å². The van der Waals surface area contributed by atoms with Crippen LogP contribution in [-0.4, -0.2) is 42.0 Å². The number of pyridine rings is 1. The van der Waals surface area contributed by atoms with Crippen LogP contribution in [-0.2, 0) is 6.54 Å².